The van der Waals surface area contributed by atoms with Gasteiger partial charge in [0.25, 0.3) is 0 Å². The number of hydrogen-bond acceptors (Lipinski definition) is 3. The average Bonchev–Trinajstić information content (AvgIpc) is 3.64. The van der Waals surface area contributed by atoms with Crippen molar-refractivity contribution in [2.45, 2.75) is 52.4 Å². The molecule has 5 heteroatoms. The Bertz CT molecular complexity index is 2160. The largest absolute Gasteiger partial charge is 0.457 e. The van der Waals surface area contributed by atoms with Gasteiger partial charge in [0.1, 0.15) is 17.3 Å². The van der Waals surface area contributed by atoms with Crippen molar-refractivity contribution in [3.05, 3.63) is 133 Å². The number of imidazole rings is 1. The van der Waals surface area contributed by atoms with E-state index in [1.165, 1.54) is 16.5 Å². The van der Waals surface area contributed by atoms with Crippen LogP contribution in [0.15, 0.2) is 122 Å². The van der Waals surface area contributed by atoms with Crippen LogP contribution in [0, 0.1) is 0 Å². The number of nitrogens with zero attached hydrogens (tertiary/aromatic N) is 4. The molecule has 0 atom stereocenters. The molecule has 5 nitrogen and oxygen atoms in total. The van der Waals surface area contributed by atoms with Gasteiger partial charge in [-0.05, 0) is 64.4 Å². The van der Waals surface area contributed by atoms with E-state index in [9.17, 15) is 0 Å². The van der Waals surface area contributed by atoms with Crippen LogP contribution in [0.5, 0.6) is 11.5 Å². The molecule has 45 heavy (non-hydrogen) atoms. The molecule has 3 heterocycles. The predicted octanol–water partition coefficient (Wildman–Crippen LogP) is 10.4. The lowest BCUT2D eigenvalue weighted by Crippen LogP contribution is -2.12. The Kier molecular flexibility index (Phi) is 6.85. The summed E-state index contributed by atoms with van der Waals surface area (Å²) in [5.41, 5.74) is 7.57. The highest BCUT2D eigenvalue weighted by atomic mass is 16.5. The second-order valence-electron chi connectivity index (χ2n) is 13.8. The summed E-state index contributed by atoms with van der Waals surface area (Å²) in [6.45, 7) is 13.4. The maximum atomic E-state index is 6.67. The highest BCUT2D eigenvalue weighted by molar-refractivity contribution is 6.09. The average molecular weight is 591 g/mol. The van der Waals surface area contributed by atoms with E-state index in [0.717, 1.165) is 50.7 Å². The van der Waals surface area contributed by atoms with Crippen molar-refractivity contribution in [2.24, 2.45) is 0 Å². The quantitative estimate of drug-likeness (QED) is 0.200. The predicted molar refractivity (Wildman–Crippen MR) is 185 cm³/mol. The van der Waals surface area contributed by atoms with Crippen LogP contribution in [0.3, 0.4) is 0 Å². The summed E-state index contributed by atoms with van der Waals surface area (Å²) in [6, 6.07) is 35.9. The molecule has 7 rings (SSSR count). The minimum Gasteiger partial charge on any atom is -0.457 e. The Balaban J connectivity index is 1.33. The van der Waals surface area contributed by atoms with Gasteiger partial charge in [-0.1, -0.05) is 90.1 Å². The summed E-state index contributed by atoms with van der Waals surface area (Å²) in [7, 11) is 0. The number of para-hydroxylation sites is 1. The Morgan fingerprint density at radius 2 is 1.33 bits per heavy atom. The minimum absolute atomic E-state index is 0.0115. The highest BCUT2D eigenvalue weighted by Gasteiger charge is 2.20. The van der Waals surface area contributed by atoms with Crippen molar-refractivity contribution in [1.29, 1.82) is 0 Å². The summed E-state index contributed by atoms with van der Waals surface area (Å²) >= 11 is 0. The van der Waals surface area contributed by atoms with Gasteiger partial charge in [-0.25, -0.2) is 9.97 Å². The first-order chi connectivity index (χ1) is 21.5. The maximum Gasteiger partial charge on any atom is 0.137 e. The Morgan fingerprint density at radius 3 is 2.11 bits per heavy atom. The molecule has 0 saturated carbocycles. The molecule has 0 amide bonds. The van der Waals surface area contributed by atoms with Crippen molar-refractivity contribution in [2.75, 3.05) is 0 Å². The second-order valence-corrected chi connectivity index (χ2v) is 13.8. The zero-order chi connectivity index (χ0) is 31.3. The topological polar surface area (TPSA) is 44.9 Å². The van der Waals surface area contributed by atoms with Gasteiger partial charge in [0.2, 0.25) is 0 Å². The Hall–Kier alpha value is -5.16. The third kappa shape index (κ3) is 5.51. The van der Waals surface area contributed by atoms with Crippen molar-refractivity contribution in [3.8, 4) is 34.3 Å². The molecule has 0 unspecified atom stereocenters. The lowest BCUT2D eigenvalue weighted by molar-refractivity contribution is 0.479. The van der Waals surface area contributed by atoms with E-state index in [0.29, 0.717) is 0 Å². The minimum atomic E-state index is -0.0723. The SMILES string of the molecule is CC(C)(C)c1cc(Oc2ccc3c4ccccc4n(-c4cc(C(C)(C)C)ccn4)c3c2)cc(-n2cnc(-c3ccccc3)c2)c1. The molecule has 0 N–H and O–H groups in total. The molecule has 3 aromatic heterocycles. The number of benzene rings is 4. The van der Waals surface area contributed by atoms with E-state index in [1.807, 2.05) is 30.7 Å². The van der Waals surface area contributed by atoms with E-state index in [4.69, 9.17) is 14.7 Å². The van der Waals surface area contributed by atoms with Crippen molar-refractivity contribution < 1.29 is 4.74 Å². The molecular weight excluding hydrogens is 552 g/mol. The van der Waals surface area contributed by atoms with Crippen LogP contribution in [0.4, 0.5) is 0 Å². The van der Waals surface area contributed by atoms with Crippen molar-refractivity contribution in [3.63, 3.8) is 0 Å². The van der Waals surface area contributed by atoms with E-state index >= 15 is 0 Å². The van der Waals surface area contributed by atoms with Gasteiger partial charge >= 0.3 is 0 Å². The molecule has 224 valence electrons. The first-order valence-electron chi connectivity index (χ1n) is 15.5. The van der Waals surface area contributed by atoms with Gasteiger partial charge in [0, 0.05) is 40.9 Å². The normalized spacial score (nSPS) is 12.2. The molecule has 7 aromatic rings. The fourth-order valence-corrected chi connectivity index (χ4v) is 5.85. The number of aromatic nitrogens is 4. The molecule has 0 bridgehead atoms. The van der Waals surface area contributed by atoms with Gasteiger partial charge in [-0.15, -0.1) is 0 Å². The second kappa shape index (κ2) is 10.8. The summed E-state index contributed by atoms with van der Waals surface area (Å²) < 4.78 is 11.0. The Labute approximate surface area is 264 Å². The highest BCUT2D eigenvalue weighted by Crippen LogP contribution is 2.37. The zero-order valence-corrected chi connectivity index (χ0v) is 26.7. The summed E-state index contributed by atoms with van der Waals surface area (Å²) in [5.74, 6) is 2.45. The maximum absolute atomic E-state index is 6.67. The third-order valence-corrected chi connectivity index (χ3v) is 8.43. The van der Waals surface area contributed by atoms with E-state index in [2.05, 4.69) is 142 Å². The van der Waals surface area contributed by atoms with Crippen molar-refractivity contribution >= 4 is 21.8 Å². The smallest absolute Gasteiger partial charge is 0.137 e. The summed E-state index contributed by atoms with van der Waals surface area (Å²) in [5, 5.41) is 2.35. The fourth-order valence-electron chi connectivity index (χ4n) is 5.85. The van der Waals surface area contributed by atoms with Crippen LogP contribution >= 0.6 is 0 Å². The van der Waals surface area contributed by atoms with Gasteiger partial charge in [0.05, 0.1) is 28.7 Å². The van der Waals surface area contributed by atoms with Crippen LogP contribution in [-0.4, -0.2) is 19.1 Å². The molecule has 0 aliphatic heterocycles. The monoisotopic (exact) mass is 590 g/mol. The number of rotatable bonds is 5. The van der Waals surface area contributed by atoms with Crippen LogP contribution < -0.4 is 4.74 Å². The fraction of sp³-hybridized carbons (Fsp3) is 0.200. The van der Waals surface area contributed by atoms with Crippen LogP contribution in [-0.2, 0) is 10.8 Å². The van der Waals surface area contributed by atoms with E-state index in [-0.39, 0.29) is 10.8 Å². The van der Waals surface area contributed by atoms with Crippen molar-refractivity contribution in [1.82, 2.24) is 19.1 Å². The van der Waals surface area contributed by atoms with Crippen LogP contribution in [0.25, 0.3) is 44.6 Å². The number of pyridine rings is 1. The summed E-state index contributed by atoms with van der Waals surface area (Å²) in [4.78, 5) is 9.53. The molecule has 0 saturated heterocycles. The van der Waals surface area contributed by atoms with Gasteiger partial charge < -0.3 is 9.30 Å². The van der Waals surface area contributed by atoms with Gasteiger partial charge in [0.15, 0.2) is 0 Å². The number of fused-ring (bicyclic) bond motifs is 3. The lowest BCUT2D eigenvalue weighted by Gasteiger charge is -2.21. The Morgan fingerprint density at radius 1 is 0.600 bits per heavy atom. The van der Waals surface area contributed by atoms with Gasteiger partial charge in [-0.2, -0.15) is 0 Å². The lowest BCUT2D eigenvalue weighted by atomic mass is 9.86. The first-order valence-corrected chi connectivity index (χ1v) is 15.5. The van der Waals surface area contributed by atoms with Crippen LogP contribution in [0.2, 0.25) is 0 Å². The molecule has 0 aliphatic rings. The third-order valence-electron chi connectivity index (χ3n) is 8.43. The molecule has 0 fully saturated rings. The molecule has 0 spiro atoms. The molecule has 0 aliphatic carbocycles. The molecule has 0 radical (unpaired) electrons. The summed E-state index contributed by atoms with van der Waals surface area (Å²) in [6.07, 6.45) is 5.86. The van der Waals surface area contributed by atoms with E-state index < -0.39 is 0 Å². The first kappa shape index (κ1) is 28.6. The van der Waals surface area contributed by atoms with Gasteiger partial charge in [-0.3, -0.25) is 4.57 Å². The zero-order valence-electron chi connectivity index (χ0n) is 26.7. The molecular formula is C40H38N4O. The molecule has 4 aromatic carbocycles. The number of hydrogen-bond donors (Lipinski definition) is 0. The van der Waals surface area contributed by atoms with Crippen LogP contribution in [0.1, 0.15) is 52.7 Å². The standard InChI is InChI=1S/C40H38N4O/c1-39(2,3)28-18-19-41-38(22-28)44-36-15-11-10-14-33(36)34-17-16-31(24-37(34)44)45-32-21-29(40(4,5)6)20-30(23-32)43-25-35(42-26-43)27-12-8-7-9-13-27/h7-26H,1-6H3. The number of ether oxygens (including phenoxy) is 1. The van der Waals surface area contributed by atoms with E-state index in [1.54, 1.807) is 0 Å².